The molecule has 1 heterocycles. The molecule has 0 N–H and O–H groups in total. The van der Waals surface area contributed by atoms with Gasteiger partial charge in [0.1, 0.15) is 0 Å². The number of thiophene rings is 1. The minimum atomic E-state index is 0.0865. The number of nitrogens with zero attached hydrogens (tertiary/aromatic N) is 1. The standard InChI is InChI=1S/C11H15NOS/c1-4-9-5-6-11(14-9)10(13)7-8-12(2)3/h5-8H,4H2,1-3H3. The molecular weight excluding hydrogens is 194 g/mol. The second-order valence-corrected chi connectivity index (χ2v) is 4.43. The van der Waals surface area contributed by atoms with E-state index in [1.165, 1.54) is 4.88 Å². The first-order valence-electron chi connectivity index (χ1n) is 4.61. The second kappa shape index (κ2) is 4.96. The molecule has 1 aromatic rings. The highest BCUT2D eigenvalue weighted by Crippen LogP contribution is 2.17. The highest BCUT2D eigenvalue weighted by atomic mass is 32.1. The summed E-state index contributed by atoms with van der Waals surface area (Å²) in [5.74, 6) is 0.0865. The molecule has 2 nitrogen and oxygen atoms in total. The number of hydrogen-bond acceptors (Lipinski definition) is 3. The summed E-state index contributed by atoms with van der Waals surface area (Å²) in [6.45, 7) is 2.09. The van der Waals surface area contributed by atoms with Crippen molar-refractivity contribution in [2.45, 2.75) is 13.3 Å². The van der Waals surface area contributed by atoms with Crippen LogP contribution in [0.4, 0.5) is 0 Å². The van der Waals surface area contributed by atoms with Gasteiger partial charge in [0.05, 0.1) is 4.88 Å². The van der Waals surface area contributed by atoms with Gasteiger partial charge in [0.15, 0.2) is 5.78 Å². The van der Waals surface area contributed by atoms with Crippen LogP contribution >= 0.6 is 11.3 Å². The molecule has 1 rings (SSSR count). The summed E-state index contributed by atoms with van der Waals surface area (Å²) in [4.78, 5) is 15.5. The fourth-order valence-electron chi connectivity index (χ4n) is 0.999. The Labute approximate surface area is 88.9 Å². The average molecular weight is 209 g/mol. The van der Waals surface area contributed by atoms with E-state index in [1.807, 2.05) is 31.1 Å². The van der Waals surface area contributed by atoms with Gasteiger partial charge in [0.2, 0.25) is 0 Å². The van der Waals surface area contributed by atoms with E-state index >= 15 is 0 Å². The Morgan fingerprint density at radius 1 is 1.50 bits per heavy atom. The molecule has 0 aliphatic carbocycles. The van der Waals surface area contributed by atoms with Crippen LogP contribution in [0.1, 0.15) is 21.5 Å². The Kier molecular flexibility index (Phi) is 3.89. The van der Waals surface area contributed by atoms with Crippen LogP contribution in [-0.4, -0.2) is 24.8 Å². The van der Waals surface area contributed by atoms with E-state index in [-0.39, 0.29) is 5.78 Å². The smallest absolute Gasteiger partial charge is 0.197 e. The van der Waals surface area contributed by atoms with Crippen molar-refractivity contribution in [2.24, 2.45) is 0 Å². The summed E-state index contributed by atoms with van der Waals surface area (Å²) in [5.41, 5.74) is 0. The first kappa shape index (κ1) is 11.0. The lowest BCUT2D eigenvalue weighted by atomic mass is 10.3. The van der Waals surface area contributed by atoms with Crippen LogP contribution < -0.4 is 0 Å². The van der Waals surface area contributed by atoms with Crippen molar-refractivity contribution in [2.75, 3.05) is 14.1 Å². The Morgan fingerprint density at radius 3 is 2.71 bits per heavy atom. The molecule has 0 fully saturated rings. The van der Waals surface area contributed by atoms with Gasteiger partial charge in [0.25, 0.3) is 0 Å². The van der Waals surface area contributed by atoms with Crippen LogP contribution in [-0.2, 0) is 6.42 Å². The van der Waals surface area contributed by atoms with E-state index in [2.05, 4.69) is 6.92 Å². The maximum absolute atomic E-state index is 11.6. The number of aryl methyl sites for hydroxylation is 1. The van der Waals surface area contributed by atoms with Crippen molar-refractivity contribution in [1.29, 1.82) is 0 Å². The van der Waals surface area contributed by atoms with E-state index in [0.29, 0.717) is 0 Å². The van der Waals surface area contributed by atoms with E-state index in [4.69, 9.17) is 0 Å². The summed E-state index contributed by atoms with van der Waals surface area (Å²) in [6, 6.07) is 3.91. The van der Waals surface area contributed by atoms with Crippen molar-refractivity contribution in [3.63, 3.8) is 0 Å². The van der Waals surface area contributed by atoms with Crippen LogP contribution in [0.15, 0.2) is 24.4 Å². The van der Waals surface area contributed by atoms with Crippen molar-refractivity contribution in [3.8, 4) is 0 Å². The zero-order chi connectivity index (χ0) is 10.6. The largest absolute Gasteiger partial charge is 0.383 e. The molecule has 0 unspecified atom stereocenters. The Hall–Kier alpha value is -1.09. The van der Waals surface area contributed by atoms with Gasteiger partial charge in [-0.05, 0) is 18.6 Å². The normalized spacial score (nSPS) is 10.8. The Bertz CT molecular complexity index is 339. The lowest BCUT2D eigenvalue weighted by Gasteiger charge is -2.01. The lowest BCUT2D eigenvalue weighted by molar-refractivity contribution is 0.104. The SMILES string of the molecule is CCc1ccc(C(=O)C=CN(C)C)s1. The van der Waals surface area contributed by atoms with Crippen LogP contribution in [0.5, 0.6) is 0 Å². The van der Waals surface area contributed by atoms with Crippen LogP contribution in [0.25, 0.3) is 0 Å². The topological polar surface area (TPSA) is 20.3 Å². The van der Waals surface area contributed by atoms with Gasteiger partial charge < -0.3 is 4.90 Å². The first-order valence-corrected chi connectivity index (χ1v) is 5.42. The molecule has 0 atom stereocenters. The van der Waals surface area contributed by atoms with E-state index < -0.39 is 0 Å². The molecule has 0 radical (unpaired) electrons. The predicted molar refractivity (Wildman–Crippen MR) is 60.9 cm³/mol. The summed E-state index contributed by atoms with van der Waals surface area (Å²) in [7, 11) is 3.80. The van der Waals surface area contributed by atoms with Gasteiger partial charge in [0, 0.05) is 31.2 Å². The second-order valence-electron chi connectivity index (χ2n) is 3.26. The van der Waals surface area contributed by atoms with Gasteiger partial charge in [-0.25, -0.2) is 0 Å². The molecule has 0 saturated heterocycles. The molecular formula is C11H15NOS. The lowest BCUT2D eigenvalue weighted by Crippen LogP contribution is -2.02. The van der Waals surface area contributed by atoms with E-state index in [0.717, 1.165) is 11.3 Å². The number of carbonyl (C=O) groups excluding carboxylic acids is 1. The number of carbonyl (C=O) groups is 1. The molecule has 14 heavy (non-hydrogen) atoms. The van der Waals surface area contributed by atoms with Crippen molar-refractivity contribution < 1.29 is 4.79 Å². The predicted octanol–water partition coefficient (Wildman–Crippen LogP) is 2.57. The minimum absolute atomic E-state index is 0.0865. The quantitative estimate of drug-likeness (QED) is 0.561. The summed E-state index contributed by atoms with van der Waals surface area (Å²) < 4.78 is 0. The molecule has 0 amide bonds. The van der Waals surface area contributed by atoms with Gasteiger partial charge in [-0.2, -0.15) is 0 Å². The van der Waals surface area contributed by atoms with Crippen molar-refractivity contribution in [1.82, 2.24) is 4.90 Å². The number of hydrogen-bond donors (Lipinski definition) is 0. The monoisotopic (exact) mass is 209 g/mol. The van der Waals surface area contributed by atoms with Crippen molar-refractivity contribution in [3.05, 3.63) is 34.2 Å². The molecule has 0 saturated carbocycles. The number of allylic oxidation sites excluding steroid dienone is 1. The zero-order valence-corrected chi connectivity index (χ0v) is 9.60. The summed E-state index contributed by atoms with van der Waals surface area (Å²) in [6.07, 6.45) is 4.37. The number of rotatable bonds is 4. The molecule has 0 spiro atoms. The highest BCUT2D eigenvalue weighted by molar-refractivity contribution is 7.14. The van der Waals surface area contributed by atoms with Gasteiger partial charge >= 0.3 is 0 Å². The molecule has 0 aliphatic rings. The molecule has 0 bridgehead atoms. The molecule has 3 heteroatoms. The van der Waals surface area contributed by atoms with Gasteiger partial charge in [-0.1, -0.05) is 6.92 Å². The van der Waals surface area contributed by atoms with Crippen LogP contribution in [0.3, 0.4) is 0 Å². The fourth-order valence-corrected chi connectivity index (χ4v) is 1.87. The maximum Gasteiger partial charge on any atom is 0.197 e. The minimum Gasteiger partial charge on any atom is -0.383 e. The van der Waals surface area contributed by atoms with Crippen LogP contribution in [0, 0.1) is 0 Å². The van der Waals surface area contributed by atoms with Gasteiger partial charge in [-0.15, -0.1) is 11.3 Å². The molecule has 0 aromatic carbocycles. The van der Waals surface area contributed by atoms with Gasteiger partial charge in [-0.3, -0.25) is 4.79 Å². The zero-order valence-electron chi connectivity index (χ0n) is 8.78. The molecule has 0 aliphatic heterocycles. The third kappa shape index (κ3) is 3.00. The molecule has 76 valence electrons. The van der Waals surface area contributed by atoms with E-state index in [9.17, 15) is 4.79 Å². The molecule has 1 aromatic heterocycles. The Morgan fingerprint density at radius 2 is 2.21 bits per heavy atom. The highest BCUT2D eigenvalue weighted by Gasteiger charge is 2.04. The van der Waals surface area contributed by atoms with E-state index in [1.54, 1.807) is 23.6 Å². The average Bonchev–Trinajstić information content (AvgIpc) is 2.62. The van der Waals surface area contributed by atoms with Crippen molar-refractivity contribution >= 4 is 17.1 Å². The first-order chi connectivity index (χ1) is 6.63. The Balaban J connectivity index is 2.70. The van der Waals surface area contributed by atoms with Crippen LogP contribution in [0.2, 0.25) is 0 Å². The maximum atomic E-state index is 11.6. The summed E-state index contributed by atoms with van der Waals surface area (Å²) in [5, 5.41) is 0. The fraction of sp³-hybridized carbons (Fsp3) is 0.364. The third-order valence-electron chi connectivity index (χ3n) is 1.78. The third-order valence-corrected chi connectivity index (χ3v) is 3.02. The number of ketones is 1. The summed E-state index contributed by atoms with van der Waals surface area (Å²) >= 11 is 1.57.